The molecule has 1 amide bonds. The number of hydrogen-bond donors (Lipinski definition) is 1. The van der Waals surface area contributed by atoms with Crippen LogP contribution in [0.4, 0.5) is 0 Å². The van der Waals surface area contributed by atoms with E-state index >= 15 is 0 Å². The summed E-state index contributed by atoms with van der Waals surface area (Å²) in [5, 5.41) is 4.00. The average molecular weight is 258 g/mol. The molecule has 1 aliphatic carbocycles. The Kier molecular flexibility index (Phi) is 5.13. The van der Waals surface area contributed by atoms with Crippen molar-refractivity contribution >= 4 is 12.1 Å². The second kappa shape index (κ2) is 7.07. The van der Waals surface area contributed by atoms with Gasteiger partial charge in [-0.15, -0.1) is 0 Å². The fourth-order valence-corrected chi connectivity index (χ4v) is 2.62. The first-order valence-electron chi connectivity index (χ1n) is 7.12. The van der Waals surface area contributed by atoms with Crippen molar-refractivity contribution in [1.29, 1.82) is 0 Å². The van der Waals surface area contributed by atoms with Gasteiger partial charge in [-0.1, -0.05) is 55.5 Å². The molecule has 0 atom stereocenters. The summed E-state index contributed by atoms with van der Waals surface area (Å²) in [7, 11) is 0. The summed E-state index contributed by atoms with van der Waals surface area (Å²) >= 11 is 0. The SMILES string of the molecule is Cc1cccc(/C=N/NC(=O)CCC2CCCC2)c1. The van der Waals surface area contributed by atoms with E-state index in [-0.39, 0.29) is 5.91 Å². The van der Waals surface area contributed by atoms with Gasteiger partial charge in [0.05, 0.1) is 6.21 Å². The molecule has 0 spiro atoms. The van der Waals surface area contributed by atoms with Crippen LogP contribution in [0.5, 0.6) is 0 Å². The van der Waals surface area contributed by atoms with Gasteiger partial charge in [-0.3, -0.25) is 4.79 Å². The summed E-state index contributed by atoms with van der Waals surface area (Å²) in [6.07, 6.45) is 8.54. The van der Waals surface area contributed by atoms with Gasteiger partial charge in [-0.2, -0.15) is 5.10 Å². The number of carbonyl (C=O) groups excluding carboxylic acids is 1. The van der Waals surface area contributed by atoms with E-state index in [9.17, 15) is 4.79 Å². The van der Waals surface area contributed by atoms with E-state index in [0.29, 0.717) is 6.42 Å². The Morgan fingerprint density at radius 1 is 1.42 bits per heavy atom. The Labute approximate surface area is 115 Å². The van der Waals surface area contributed by atoms with Gasteiger partial charge >= 0.3 is 0 Å². The van der Waals surface area contributed by atoms with E-state index in [2.05, 4.69) is 10.5 Å². The van der Waals surface area contributed by atoms with Crippen molar-refractivity contribution in [2.45, 2.75) is 45.4 Å². The standard InChI is InChI=1S/C16H22N2O/c1-13-5-4-8-15(11-13)12-17-18-16(19)10-9-14-6-2-3-7-14/h4-5,8,11-12,14H,2-3,6-7,9-10H2,1H3,(H,18,19)/b17-12+. The molecule has 0 heterocycles. The van der Waals surface area contributed by atoms with Crippen LogP contribution in [0.1, 0.15) is 49.7 Å². The van der Waals surface area contributed by atoms with Crippen molar-refractivity contribution in [2.24, 2.45) is 11.0 Å². The number of aryl methyl sites for hydroxylation is 1. The Bertz CT molecular complexity index is 448. The third-order valence-electron chi connectivity index (χ3n) is 3.70. The number of hydrogen-bond acceptors (Lipinski definition) is 2. The summed E-state index contributed by atoms with van der Waals surface area (Å²) in [6.45, 7) is 2.04. The molecular weight excluding hydrogens is 236 g/mol. The molecule has 1 aliphatic rings. The van der Waals surface area contributed by atoms with E-state index in [1.165, 1.54) is 31.2 Å². The molecule has 1 saturated carbocycles. The van der Waals surface area contributed by atoms with Gasteiger partial charge in [-0.25, -0.2) is 5.43 Å². The number of rotatable bonds is 5. The topological polar surface area (TPSA) is 41.5 Å². The molecule has 2 rings (SSSR count). The second-order valence-corrected chi connectivity index (χ2v) is 5.40. The van der Waals surface area contributed by atoms with Gasteiger partial charge in [0, 0.05) is 6.42 Å². The number of hydrazone groups is 1. The van der Waals surface area contributed by atoms with E-state index in [1.54, 1.807) is 6.21 Å². The minimum atomic E-state index is 0.0239. The smallest absolute Gasteiger partial charge is 0.240 e. The maximum absolute atomic E-state index is 11.6. The quantitative estimate of drug-likeness (QED) is 0.638. The van der Waals surface area contributed by atoms with Crippen LogP contribution in [0.15, 0.2) is 29.4 Å². The summed E-state index contributed by atoms with van der Waals surface area (Å²) in [5.74, 6) is 0.780. The van der Waals surface area contributed by atoms with Gasteiger partial charge in [0.2, 0.25) is 5.91 Å². The highest BCUT2D eigenvalue weighted by atomic mass is 16.2. The lowest BCUT2D eigenvalue weighted by atomic mass is 10.0. The van der Waals surface area contributed by atoms with Crippen LogP contribution < -0.4 is 5.43 Å². The Balaban J connectivity index is 1.70. The molecule has 0 saturated heterocycles. The van der Waals surface area contributed by atoms with E-state index in [4.69, 9.17) is 0 Å². The number of amides is 1. The largest absolute Gasteiger partial charge is 0.273 e. The first kappa shape index (κ1) is 13.8. The highest BCUT2D eigenvalue weighted by Gasteiger charge is 2.15. The van der Waals surface area contributed by atoms with E-state index in [0.717, 1.165) is 17.9 Å². The predicted molar refractivity (Wildman–Crippen MR) is 78.1 cm³/mol. The molecule has 1 aromatic rings. The van der Waals surface area contributed by atoms with E-state index < -0.39 is 0 Å². The lowest BCUT2D eigenvalue weighted by Crippen LogP contribution is -2.18. The van der Waals surface area contributed by atoms with Crippen LogP contribution in [-0.4, -0.2) is 12.1 Å². The third kappa shape index (κ3) is 4.86. The van der Waals surface area contributed by atoms with Gasteiger partial charge in [0.1, 0.15) is 0 Å². The van der Waals surface area contributed by atoms with Crippen LogP contribution in [0.3, 0.4) is 0 Å². The fraction of sp³-hybridized carbons (Fsp3) is 0.500. The zero-order chi connectivity index (χ0) is 13.5. The molecule has 19 heavy (non-hydrogen) atoms. The minimum absolute atomic E-state index is 0.0239. The number of nitrogens with one attached hydrogen (secondary N) is 1. The third-order valence-corrected chi connectivity index (χ3v) is 3.70. The predicted octanol–water partition coefficient (Wildman–Crippen LogP) is 3.42. The lowest BCUT2D eigenvalue weighted by molar-refractivity contribution is -0.121. The molecular formula is C16H22N2O. The highest BCUT2D eigenvalue weighted by Crippen LogP contribution is 2.28. The lowest BCUT2D eigenvalue weighted by Gasteiger charge is -2.06. The van der Waals surface area contributed by atoms with Crippen LogP contribution in [-0.2, 0) is 4.79 Å². The van der Waals surface area contributed by atoms with Crippen LogP contribution in [0.2, 0.25) is 0 Å². The molecule has 1 aromatic carbocycles. The van der Waals surface area contributed by atoms with Crippen molar-refractivity contribution in [3.63, 3.8) is 0 Å². The maximum Gasteiger partial charge on any atom is 0.240 e. The minimum Gasteiger partial charge on any atom is -0.273 e. The van der Waals surface area contributed by atoms with Crippen molar-refractivity contribution < 1.29 is 4.79 Å². The summed E-state index contributed by atoms with van der Waals surface area (Å²) in [4.78, 5) is 11.6. The molecule has 3 heteroatoms. The Morgan fingerprint density at radius 3 is 2.95 bits per heavy atom. The first-order chi connectivity index (χ1) is 9.24. The average Bonchev–Trinajstić information content (AvgIpc) is 2.89. The molecule has 0 unspecified atom stereocenters. The first-order valence-corrected chi connectivity index (χ1v) is 7.12. The zero-order valence-corrected chi connectivity index (χ0v) is 11.6. The zero-order valence-electron chi connectivity index (χ0n) is 11.6. The number of nitrogens with zero attached hydrogens (tertiary/aromatic N) is 1. The molecule has 3 nitrogen and oxygen atoms in total. The molecule has 0 bridgehead atoms. The van der Waals surface area contributed by atoms with Crippen molar-refractivity contribution in [3.05, 3.63) is 35.4 Å². The molecule has 0 aliphatic heterocycles. The van der Waals surface area contributed by atoms with Crippen molar-refractivity contribution in [1.82, 2.24) is 5.43 Å². The second-order valence-electron chi connectivity index (χ2n) is 5.40. The van der Waals surface area contributed by atoms with Gasteiger partial charge < -0.3 is 0 Å². The fourth-order valence-electron chi connectivity index (χ4n) is 2.62. The molecule has 102 valence electrons. The molecule has 0 radical (unpaired) electrons. The van der Waals surface area contributed by atoms with Crippen LogP contribution >= 0.6 is 0 Å². The molecule has 1 fully saturated rings. The van der Waals surface area contributed by atoms with Crippen LogP contribution in [0.25, 0.3) is 0 Å². The maximum atomic E-state index is 11.6. The van der Waals surface area contributed by atoms with Crippen LogP contribution in [0, 0.1) is 12.8 Å². The summed E-state index contributed by atoms with van der Waals surface area (Å²) in [5.41, 5.74) is 4.81. The molecule has 0 aromatic heterocycles. The summed E-state index contributed by atoms with van der Waals surface area (Å²) in [6, 6.07) is 8.03. The Morgan fingerprint density at radius 2 is 2.21 bits per heavy atom. The molecule has 1 N–H and O–H groups in total. The number of carbonyl (C=O) groups is 1. The summed E-state index contributed by atoms with van der Waals surface area (Å²) < 4.78 is 0. The Hall–Kier alpha value is -1.64. The van der Waals surface area contributed by atoms with Gasteiger partial charge in [0.25, 0.3) is 0 Å². The highest BCUT2D eigenvalue weighted by molar-refractivity contribution is 5.82. The number of benzene rings is 1. The van der Waals surface area contributed by atoms with E-state index in [1.807, 2.05) is 31.2 Å². The van der Waals surface area contributed by atoms with Crippen molar-refractivity contribution in [3.8, 4) is 0 Å². The van der Waals surface area contributed by atoms with Gasteiger partial charge in [-0.05, 0) is 24.8 Å². The van der Waals surface area contributed by atoms with Gasteiger partial charge in [0.15, 0.2) is 0 Å². The monoisotopic (exact) mass is 258 g/mol. The normalized spacial score (nSPS) is 16.1. The van der Waals surface area contributed by atoms with Crippen molar-refractivity contribution in [2.75, 3.05) is 0 Å².